The van der Waals surface area contributed by atoms with Crippen molar-refractivity contribution in [2.75, 3.05) is 19.6 Å². The van der Waals surface area contributed by atoms with Crippen LogP contribution >= 0.6 is 0 Å². The van der Waals surface area contributed by atoms with Gasteiger partial charge >= 0.3 is 6.03 Å². The monoisotopic (exact) mass is 359 g/mol. The van der Waals surface area contributed by atoms with E-state index < -0.39 is 0 Å². The molecule has 0 bridgehead atoms. The summed E-state index contributed by atoms with van der Waals surface area (Å²) in [4.78, 5) is 37.3. The maximum atomic E-state index is 12.4. The molecule has 2 saturated heterocycles. The van der Waals surface area contributed by atoms with Crippen LogP contribution in [0.3, 0.4) is 0 Å². The van der Waals surface area contributed by atoms with Crippen molar-refractivity contribution in [2.45, 2.75) is 59.0 Å². The molecule has 0 aliphatic carbocycles. The van der Waals surface area contributed by atoms with E-state index in [0.717, 1.165) is 43.7 Å². The summed E-state index contributed by atoms with van der Waals surface area (Å²) in [5.41, 5.74) is 1.68. The van der Waals surface area contributed by atoms with Gasteiger partial charge in [0.05, 0.1) is 24.1 Å². The van der Waals surface area contributed by atoms with Crippen LogP contribution in [0.1, 0.15) is 50.9 Å². The lowest BCUT2D eigenvalue weighted by Gasteiger charge is -2.48. The first-order valence-corrected chi connectivity index (χ1v) is 9.48. The number of amides is 3. The fourth-order valence-electron chi connectivity index (χ4n) is 4.00. The maximum absolute atomic E-state index is 12.4. The van der Waals surface area contributed by atoms with Crippen LogP contribution in [0.5, 0.6) is 0 Å². The van der Waals surface area contributed by atoms with E-state index in [1.807, 2.05) is 30.6 Å². The number of nitrogens with zero attached hydrogens (tertiary/aromatic N) is 4. The number of carbonyl (C=O) groups excluding carboxylic acids is 2. The number of hydrogen-bond acceptors (Lipinski definition) is 4. The van der Waals surface area contributed by atoms with E-state index in [0.29, 0.717) is 19.5 Å². The first kappa shape index (κ1) is 18.6. The van der Waals surface area contributed by atoms with E-state index in [2.05, 4.69) is 15.3 Å². The molecule has 1 N–H and O–H groups in total. The third-order valence-electron chi connectivity index (χ3n) is 5.30. The largest absolute Gasteiger partial charge is 0.336 e. The smallest absolute Gasteiger partial charge is 0.317 e. The zero-order valence-electron chi connectivity index (χ0n) is 16.0. The predicted octanol–water partition coefficient (Wildman–Crippen LogP) is 2.11. The molecule has 7 nitrogen and oxygen atoms in total. The van der Waals surface area contributed by atoms with Crippen LogP contribution < -0.4 is 5.32 Å². The zero-order chi connectivity index (χ0) is 18.7. The van der Waals surface area contributed by atoms with Crippen molar-refractivity contribution in [3.8, 4) is 0 Å². The molecule has 2 aliphatic rings. The van der Waals surface area contributed by atoms with Gasteiger partial charge in [0, 0.05) is 43.7 Å². The Labute approximate surface area is 155 Å². The van der Waals surface area contributed by atoms with Gasteiger partial charge in [-0.2, -0.15) is 0 Å². The molecule has 1 spiro atoms. The van der Waals surface area contributed by atoms with Crippen LogP contribution in [0.2, 0.25) is 0 Å². The number of nitrogens with one attached hydrogen (secondary N) is 1. The summed E-state index contributed by atoms with van der Waals surface area (Å²) in [6.45, 7) is 8.53. The molecule has 1 aromatic heterocycles. The fraction of sp³-hybridized carbons (Fsp3) is 0.684. The van der Waals surface area contributed by atoms with Gasteiger partial charge in [-0.25, -0.2) is 4.79 Å². The molecule has 1 aromatic rings. The van der Waals surface area contributed by atoms with Gasteiger partial charge < -0.3 is 15.1 Å². The quantitative estimate of drug-likeness (QED) is 0.896. The van der Waals surface area contributed by atoms with Gasteiger partial charge in [-0.3, -0.25) is 14.8 Å². The number of carbonyl (C=O) groups is 2. The van der Waals surface area contributed by atoms with Crippen molar-refractivity contribution in [1.82, 2.24) is 25.1 Å². The van der Waals surface area contributed by atoms with Gasteiger partial charge in [0.1, 0.15) is 0 Å². The van der Waals surface area contributed by atoms with Crippen LogP contribution in [0.25, 0.3) is 0 Å². The Morgan fingerprint density at radius 1 is 1.27 bits per heavy atom. The number of piperidine rings is 2. The number of aromatic nitrogens is 2. The SMILES string of the molecule is Cc1cnc(CN2CC3(CCCN(C(=O)NC(C)C)C3)CCC2=O)cn1. The molecule has 3 amide bonds. The molecule has 3 rings (SSSR count). The Balaban J connectivity index is 1.68. The standard InChI is InChI=1S/C19H29N5O2/c1-14(2)22-18(26)23-8-4-6-19(12-23)7-5-17(25)24(13-19)11-16-10-20-15(3)9-21-16/h9-10,14H,4-8,11-13H2,1-3H3,(H,22,26). The van der Waals surface area contributed by atoms with E-state index in [4.69, 9.17) is 0 Å². The molecular weight excluding hydrogens is 330 g/mol. The lowest BCUT2D eigenvalue weighted by Crippen LogP contribution is -2.56. The van der Waals surface area contributed by atoms with Gasteiger partial charge in [0.25, 0.3) is 0 Å². The summed E-state index contributed by atoms with van der Waals surface area (Å²) < 4.78 is 0. The molecule has 26 heavy (non-hydrogen) atoms. The molecule has 142 valence electrons. The Morgan fingerprint density at radius 2 is 2.08 bits per heavy atom. The van der Waals surface area contributed by atoms with Crippen molar-refractivity contribution < 1.29 is 9.59 Å². The van der Waals surface area contributed by atoms with E-state index in [-0.39, 0.29) is 23.4 Å². The van der Waals surface area contributed by atoms with Crippen molar-refractivity contribution in [2.24, 2.45) is 5.41 Å². The number of rotatable bonds is 3. The Kier molecular flexibility index (Phi) is 5.44. The van der Waals surface area contributed by atoms with E-state index >= 15 is 0 Å². The van der Waals surface area contributed by atoms with Gasteiger partial charge in [0.15, 0.2) is 0 Å². The van der Waals surface area contributed by atoms with Gasteiger partial charge in [0.2, 0.25) is 5.91 Å². The van der Waals surface area contributed by atoms with Gasteiger partial charge in [-0.15, -0.1) is 0 Å². The highest BCUT2D eigenvalue weighted by atomic mass is 16.2. The van der Waals surface area contributed by atoms with Gasteiger partial charge in [-0.1, -0.05) is 0 Å². The summed E-state index contributed by atoms with van der Waals surface area (Å²) in [5, 5.41) is 2.99. The van der Waals surface area contributed by atoms with Crippen molar-refractivity contribution in [3.63, 3.8) is 0 Å². The second-order valence-electron chi connectivity index (χ2n) is 8.03. The molecule has 2 fully saturated rings. The second kappa shape index (κ2) is 7.60. The summed E-state index contributed by atoms with van der Waals surface area (Å²) in [5.74, 6) is 0.168. The predicted molar refractivity (Wildman–Crippen MR) is 98.3 cm³/mol. The summed E-state index contributed by atoms with van der Waals surface area (Å²) in [7, 11) is 0. The van der Waals surface area contributed by atoms with Crippen molar-refractivity contribution >= 4 is 11.9 Å². The number of urea groups is 1. The minimum Gasteiger partial charge on any atom is -0.336 e. The minimum absolute atomic E-state index is 0.00138. The van der Waals surface area contributed by atoms with Gasteiger partial charge in [-0.05, 0) is 40.0 Å². The minimum atomic E-state index is -0.00138. The highest BCUT2D eigenvalue weighted by Gasteiger charge is 2.42. The molecule has 2 aliphatic heterocycles. The summed E-state index contributed by atoms with van der Waals surface area (Å²) >= 11 is 0. The first-order chi connectivity index (χ1) is 12.4. The molecule has 1 unspecified atom stereocenters. The molecule has 0 radical (unpaired) electrons. The lowest BCUT2D eigenvalue weighted by molar-refractivity contribution is -0.139. The molecule has 3 heterocycles. The lowest BCUT2D eigenvalue weighted by atomic mass is 9.73. The third kappa shape index (κ3) is 4.31. The average Bonchev–Trinajstić information content (AvgIpc) is 2.60. The molecule has 1 atom stereocenters. The highest BCUT2D eigenvalue weighted by molar-refractivity contribution is 5.77. The van der Waals surface area contributed by atoms with E-state index in [9.17, 15) is 9.59 Å². The highest BCUT2D eigenvalue weighted by Crippen LogP contribution is 2.39. The Bertz CT molecular complexity index is 660. The molecule has 0 aromatic carbocycles. The number of hydrogen-bond donors (Lipinski definition) is 1. The molecular formula is C19H29N5O2. The van der Waals surface area contributed by atoms with Crippen molar-refractivity contribution in [3.05, 3.63) is 23.8 Å². The second-order valence-corrected chi connectivity index (χ2v) is 8.03. The Morgan fingerprint density at radius 3 is 2.77 bits per heavy atom. The van der Waals surface area contributed by atoms with E-state index in [1.54, 1.807) is 12.4 Å². The maximum Gasteiger partial charge on any atom is 0.317 e. The molecule has 7 heteroatoms. The molecule has 0 saturated carbocycles. The van der Waals surface area contributed by atoms with Crippen LogP contribution in [-0.2, 0) is 11.3 Å². The van der Waals surface area contributed by atoms with Crippen molar-refractivity contribution in [1.29, 1.82) is 0 Å². The third-order valence-corrected chi connectivity index (χ3v) is 5.30. The Hall–Kier alpha value is -2.18. The number of likely N-dealkylation sites (tertiary alicyclic amines) is 2. The average molecular weight is 359 g/mol. The van der Waals surface area contributed by atoms with Crippen LogP contribution in [0, 0.1) is 12.3 Å². The van der Waals surface area contributed by atoms with Crippen LogP contribution in [0.4, 0.5) is 4.79 Å². The summed E-state index contributed by atoms with van der Waals surface area (Å²) in [6.07, 6.45) is 6.91. The number of aryl methyl sites for hydroxylation is 1. The summed E-state index contributed by atoms with van der Waals surface area (Å²) in [6, 6.07) is 0.136. The van der Waals surface area contributed by atoms with Crippen LogP contribution in [-0.4, -0.2) is 57.4 Å². The van der Waals surface area contributed by atoms with E-state index in [1.165, 1.54) is 0 Å². The van der Waals surface area contributed by atoms with Crippen LogP contribution in [0.15, 0.2) is 12.4 Å². The zero-order valence-corrected chi connectivity index (χ0v) is 16.0. The first-order valence-electron chi connectivity index (χ1n) is 9.48. The topological polar surface area (TPSA) is 78.4 Å². The normalized spacial score (nSPS) is 23.6. The fourth-order valence-corrected chi connectivity index (χ4v) is 4.00.